The number of fused-ring (bicyclic) bond motifs is 5. The monoisotopic (exact) mass is 625 g/mol. The Morgan fingerprint density at radius 1 is 0.778 bits per heavy atom. The van der Waals surface area contributed by atoms with Crippen LogP contribution in [0.2, 0.25) is 0 Å². The molecule has 260 valence electrons. The van der Waals surface area contributed by atoms with Crippen molar-refractivity contribution in [1.82, 2.24) is 0 Å². The first-order chi connectivity index (χ1) is 21.7. The van der Waals surface area contributed by atoms with E-state index in [0.717, 1.165) is 54.8 Å². The van der Waals surface area contributed by atoms with E-state index < -0.39 is 0 Å². The molecule has 3 saturated carbocycles. The van der Waals surface area contributed by atoms with Crippen LogP contribution in [-0.4, -0.2) is 12.1 Å². The molecule has 0 aromatic carbocycles. The van der Waals surface area contributed by atoms with Gasteiger partial charge in [0, 0.05) is 12.8 Å². The highest BCUT2D eigenvalue weighted by Gasteiger charge is 2.59. The SMILES string of the molecule is CCCCCCCCCCCCCCCC(=O)O[C@@H]1CC[C@@]2(C)C(=CC[C@H]3[C@@H]4CC[C@H]([C@@H](C)CCCC(C)C)[C@@]4(C)CC[C@@H]32)C1. The van der Waals surface area contributed by atoms with Crippen molar-refractivity contribution in [2.45, 2.75) is 208 Å². The molecule has 0 unspecified atom stereocenters. The average molecular weight is 625 g/mol. The van der Waals surface area contributed by atoms with Crippen LogP contribution in [0, 0.1) is 46.3 Å². The second kappa shape index (κ2) is 18.1. The molecule has 3 fully saturated rings. The summed E-state index contributed by atoms with van der Waals surface area (Å²) in [6.07, 6.45) is 35.4. The first kappa shape index (κ1) is 37.0. The maximum atomic E-state index is 12.8. The van der Waals surface area contributed by atoms with E-state index in [2.05, 4.69) is 47.6 Å². The van der Waals surface area contributed by atoms with E-state index in [1.165, 1.54) is 135 Å². The van der Waals surface area contributed by atoms with Crippen molar-refractivity contribution in [2.75, 3.05) is 0 Å². The number of carbonyl (C=O) groups is 1. The number of unbranched alkanes of at least 4 members (excludes halogenated alkanes) is 12. The molecule has 0 aromatic rings. The van der Waals surface area contributed by atoms with Crippen molar-refractivity contribution in [3.05, 3.63) is 11.6 Å². The molecule has 0 N–H and O–H groups in total. The minimum atomic E-state index is 0.0638. The van der Waals surface area contributed by atoms with Gasteiger partial charge in [-0.2, -0.15) is 0 Å². The van der Waals surface area contributed by atoms with Crippen molar-refractivity contribution in [3.8, 4) is 0 Å². The van der Waals surface area contributed by atoms with E-state index in [1.807, 2.05) is 0 Å². The molecule has 2 nitrogen and oxygen atoms in total. The summed E-state index contributed by atoms with van der Waals surface area (Å²) in [6, 6.07) is 0. The summed E-state index contributed by atoms with van der Waals surface area (Å²) in [7, 11) is 0. The molecule has 0 aromatic heterocycles. The van der Waals surface area contributed by atoms with Gasteiger partial charge in [-0.3, -0.25) is 4.79 Å². The zero-order valence-corrected chi connectivity index (χ0v) is 31.1. The van der Waals surface area contributed by atoms with Crippen LogP contribution in [0.3, 0.4) is 0 Å². The van der Waals surface area contributed by atoms with Gasteiger partial charge >= 0.3 is 5.97 Å². The predicted molar refractivity (Wildman–Crippen MR) is 193 cm³/mol. The lowest BCUT2D eigenvalue weighted by Gasteiger charge is -2.58. The quantitative estimate of drug-likeness (QED) is 0.0765. The third kappa shape index (κ3) is 9.87. The highest BCUT2D eigenvalue weighted by Crippen LogP contribution is 2.67. The normalized spacial score (nSPS) is 33.3. The summed E-state index contributed by atoms with van der Waals surface area (Å²) < 4.78 is 6.12. The van der Waals surface area contributed by atoms with Crippen LogP contribution >= 0.6 is 0 Å². The van der Waals surface area contributed by atoms with Gasteiger partial charge in [-0.25, -0.2) is 0 Å². The Balaban J connectivity index is 1.14. The van der Waals surface area contributed by atoms with E-state index in [4.69, 9.17) is 4.74 Å². The number of allylic oxidation sites excluding steroid dienone is 1. The Bertz CT molecular complexity index is 904. The Hall–Kier alpha value is -0.790. The van der Waals surface area contributed by atoms with E-state index in [-0.39, 0.29) is 12.1 Å². The lowest BCUT2D eigenvalue weighted by molar-refractivity contribution is -0.151. The van der Waals surface area contributed by atoms with Crippen LogP contribution in [-0.2, 0) is 9.53 Å². The summed E-state index contributed by atoms with van der Waals surface area (Å²) >= 11 is 0. The number of esters is 1. The van der Waals surface area contributed by atoms with Gasteiger partial charge in [-0.1, -0.05) is 150 Å². The van der Waals surface area contributed by atoms with Crippen LogP contribution in [0.1, 0.15) is 202 Å². The van der Waals surface area contributed by atoms with Crippen molar-refractivity contribution >= 4 is 5.97 Å². The second-order valence-electron chi connectivity index (χ2n) is 17.6. The summed E-state index contributed by atoms with van der Waals surface area (Å²) in [5, 5.41) is 0. The summed E-state index contributed by atoms with van der Waals surface area (Å²) in [6.45, 7) is 14.9. The molecule has 4 rings (SSSR count). The van der Waals surface area contributed by atoms with Gasteiger partial charge in [0.2, 0.25) is 0 Å². The van der Waals surface area contributed by atoms with Gasteiger partial charge in [-0.05, 0) is 97.7 Å². The minimum absolute atomic E-state index is 0.0638. The molecule has 45 heavy (non-hydrogen) atoms. The largest absolute Gasteiger partial charge is 0.462 e. The van der Waals surface area contributed by atoms with Gasteiger partial charge in [0.25, 0.3) is 0 Å². The first-order valence-electron chi connectivity index (χ1n) is 20.6. The Morgan fingerprint density at radius 2 is 1.42 bits per heavy atom. The first-order valence-corrected chi connectivity index (χ1v) is 20.6. The standard InChI is InChI=1S/C43H76O2/c1-7-8-9-10-11-12-13-14-15-16-17-18-19-23-41(44)45-36-28-30-42(5)35(32-36)24-25-37-39-27-26-38(34(4)22-20-21-33(2)3)43(39,6)31-29-40(37)42/h24,33-34,36-40H,7-23,25-32H2,1-6H3/t34-,36+,37-,38+,39-,40-,42-,43+/m0/s1. The average Bonchev–Trinajstić information content (AvgIpc) is 3.37. The molecule has 0 heterocycles. The van der Waals surface area contributed by atoms with Crippen LogP contribution in [0.5, 0.6) is 0 Å². The van der Waals surface area contributed by atoms with Crippen molar-refractivity contribution < 1.29 is 9.53 Å². The van der Waals surface area contributed by atoms with Crippen LogP contribution in [0.4, 0.5) is 0 Å². The molecule has 0 amide bonds. The van der Waals surface area contributed by atoms with Gasteiger partial charge in [0.05, 0.1) is 0 Å². The Kier molecular flexibility index (Phi) is 14.9. The van der Waals surface area contributed by atoms with Crippen LogP contribution in [0.25, 0.3) is 0 Å². The topological polar surface area (TPSA) is 26.3 Å². The number of hydrogen-bond acceptors (Lipinski definition) is 2. The van der Waals surface area contributed by atoms with Crippen molar-refractivity contribution in [1.29, 1.82) is 0 Å². The van der Waals surface area contributed by atoms with Gasteiger partial charge < -0.3 is 4.74 Å². The molecule has 8 atom stereocenters. The molecule has 0 saturated heterocycles. The third-order valence-electron chi connectivity index (χ3n) is 14.0. The van der Waals surface area contributed by atoms with Gasteiger partial charge in [0.15, 0.2) is 0 Å². The highest BCUT2D eigenvalue weighted by molar-refractivity contribution is 5.69. The molecular formula is C43H76O2. The number of hydrogen-bond donors (Lipinski definition) is 0. The molecule has 4 aliphatic carbocycles. The van der Waals surface area contributed by atoms with E-state index in [0.29, 0.717) is 17.3 Å². The maximum absolute atomic E-state index is 12.8. The number of ether oxygens (including phenoxy) is 1. The zero-order chi connectivity index (χ0) is 32.3. The van der Waals surface area contributed by atoms with Gasteiger partial charge in [0.1, 0.15) is 6.10 Å². The zero-order valence-electron chi connectivity index (χ0n) is 31.1. The maximum Gasteiger partial charge on any atom is 0.306 e. The molecule has 2 heteroatoms. The van der Waals surface area contributed by atoms with E-state index in [1.54, 1.807) is 5.57 Å². The number of carbonyl (C=O) groups excluding carboxylic acids is 1. The smallest absolute Gasteiger partial charge is 0.306 e. The molecule has 0 aliphatic heterocycles. The fourth-order valence-electron chi connectivity index (χ4n) is 11.3. The summed E-state index contributed by atoms with van der Waals surface area (Å²) in [4.78, 5) is 12.8. The minimum Gasteiger partial charge on any atom is -0.462 e. The van der Waals surface area contributed by atoms with Crippen LogP contribution < -0.4 is 0 Å². The van der Waals surface area contributed by atoms with Gasteiger partial charge in [-0.15, -0.1) is 0 Å². The lowest BCUT2D eigenvalue weighted by atomic mass is 9.47. The van der Waals surface area contributed by atoms with Crippen molar-refractivity contribution in [2.24, 2.45) is 46.3 Å². The fourth-order valence-corrected chi connectivity index (χ4v) is 11.3. The molecule has 0 bridgehead atoms. The Labute approximate surface area is 281 Å². The molecule has 0 radical (unpaired) electrons. The Morgan fingerprint density at radius 3 is 2.07 bits per heavy atom. The highest BCUT2D eigenvalue weighted by atomic mass is 16.5. The third-order valence-corrected chi connectivity index (χ3v) is 14.0. The summed E-state index contributed by atoms with van der Waals surface area (Å²) in [5.74, 6) is 5.34. The number of rotatable bonds is 20. The van der Waals surface area contributed by atoms with Crippen molar-refractivity contribution in [3.63, 3.8) is 0 Å². The van der Waals surface area contributed by atoms with Crippen LogP contribution in [0.15, 0.2) is 11.6 Å². The molecule has 4 aliphatic rings. The summed E-state index contributed by atoms with van der Waals surface area (Å²) in [5.41, 5.74) is 2.54. The molecular weight excluding hydrogens is 548 g/mol. The second-order valence-corrected chi connectivity index (χ2v) is 17.6. The molecule has 0 spiro atoms. The predicted octanol–water partition coefficient (Wildman–Crippen LogP) is 13.4. The van der Waals surface area contributed by atoms with E-state index in [9.17, 15) is 4.79 Å². The lowest BCUT2D eigenvalue weighted by Crippen LogP contribution is -2.51. The fraction of sp³-hybridized carbons (Fsp3) is 0.930. The van der Waals surface area contributed by atoms with E-state index >= 15 is 0 Å².